The van der Waals surface area contributed by atoms with Crippen LogP contribution in [0.2, 0.25) is 0 Å². The summed E-state index contributed by atoms with van der Waals surface area (Å²) in [5.74, 6) is -0.495. The maximum absolute atomic E-state index is 12.8. The SMILES string of the molecule is CC(=O)O.CC(=O)O.N[C@H]1CC[C@@H](C(=O)NCCCc2nc3ccccc3[nH]2)CN(C2CCOCC2)C1. The summed E-state index contributed by atoms with van der Waals surface area (Å²) in [6, 6.07) is 8.70. The molecule has 0 spiro atoms. The van der Waals surface area contributed by atoms with Crippen LogP contribution < -0.4 is 11.1 Å². The van der Waals surface area contributed by atoms with E-state index >= 15 is 0 Å². The summed E-state index contributed by atoms with van der Waals surface area (Å²) in [5, 5.41) is 18.0. The molecule has 0 unspecified atom stereocenters. The molecule has 6 N–H and O–H groups in total. The highest BCUT2D eigenvalue weighted by atomic mass is 16.5. The van der Waals surface area contributed by atoms with E-state index in [0.29, 0.717) is 12.6 Å². The van der Waals surface area contributed by atoms with Crippen LogP contribution >= 0.6 is 0 Å². The fraction of sp³-hybridized carbons (Fsp3) is 0.615. The average Bonchev–Trinajstić information content (AvgIpc) is 3.15. The van der Waals surface area contributed by atoms with E-state index in [4.69, 9.17) is 30.3 Å². The van der Waals surface area contributed by atoms with Crippen molar-refractivity contribution >= 4 is 28.9 Å². The van der Waals surface area contributed by atoms with E-state index in [1.807, 2.05) is 24.3 Å². The van der Waals surface area contributed by atoms with Crippen molar-refractivity contribution in [1.29, 1.82) is 0 Å². The van der Waals surface area contributed by atoms with Crippen LogP contribution in [0, 0.1) is 5.92 Å². The van der Waals surface area contributed by atoms with Gasteiger partial charge < -0.3 is 31.0 Å². The Morgan fingerprint density at radius 1 is 1.08 bits per heavy atom. The lowest BCUT2D eigenvalue weighted by molar-refractivity contribution is -0.135. The first-order chi connectivity index (χ1) is 17.7. The number of nitrogens with one attached hydrogen (secondary N) is 2. The Hall–Kier alpha value is -3.02. The molecule has 0 saturated carbocycles. The molecule has 2 aliphatic heterocycles. The van der Waals surface area contributed by atoms with Gasteiger partial charge in [-0.25, -0.2) is 4.98 Å². The van der Waals surface area contributed by atoms with Crippen molar-refractivity contribution in [2.75, 3.05) is 32.8 Å². The van der Waals surface area contributed by atoms with Crippen molar-refractivity contribution in [3.8, 4) is 0 Å². The van der Waals surface area contributed by atoms with E-state index in [1.54, 1.807) is 0 Å². The number of fused-ring (bicyclic) bond motifs is 1. The molecular weight excluding hydrogens is 478 g/mol. The van der Waals surface area contributed by atoms with Crippen molar-refractivity contribution in [2.45, 2.75) is 64.5 Å². The molecule has 2 aliphatic rings. The predicted octanol–water partition coefficient (Wildman–Crippen LogP) is 2.01. The van der Waals surface area contributed by atoms with Gasteiger partial charge in [-0.05, 0) is 44.2 Å². The van der Waals surface area contributed by atoms with Gasteiger partial charge in [-0.1, -0.05) is 12.1 Å². The van der Waals surface area contributed by atoms with Gasteiger partial charge in [-0.15, -0.1) is 0 Å². The molecule has 2 aromatic rings. The molecule has 2 fully saturated rings. The Labute approximate surface area is 217 Å². The number of imidazole rings is 1. The Bertz CT molecular complexity index is 938. The second-order valence-corrected chi connectivity index (χ2v) is 9.47. The largest absolute Gasteiger partial charge is 0.481 e. The van der Waals surface area contributed by atoms with Crippen molar-refractivity contribution in [3.05, 3.63) is 30.1 Å². The number of carboxylic acid groups (broad SMARTS) is 2. The zero-order chi connectivity index (χ0) is 27.2. The minimum atomic E-state index is -0.833. The second-order valence-electron chi connectivity index (χ2n) is 9.47. The van der Waals surface area contributed by atoms with Crippen molar-refractivity contribution in [1.82, 2.24) is 20.2 Å². The van der Waals surface area contributed by atoms with Crippen molar-refractivity contribution in [3.63, 3.8) is 0 Å². The number of likely N-dealkylation sites (tertiary alicyclic amines) is 1. The Balaban J connectivity index is 0.000000530. The van der Waals surface area contributed by atoms with Crippen molar-refractivity contribution in [2.24, 2.45) is 11.7 Å². The number of hydrogen-bond acceptors (Lipinski definition) is 7. The number of aromatic nitrogens is 2. The highest BCUT2D eigenvalue weighted by molar-refractivity contribution is 5.79. The maximum atomic E-state index is 12.8. The molecule has 0 bridgehead atoms. The first-order valence-electron chi connectivity index (χ1n) is 12.8. The highest BCUT2D eigenvalue weighted by Gasteiger charge is 2.31. The van der Waals surface area contributed by atoms with Crippen LogP contribution in [-0.4, -0.2) is 87.9 Å². The van der Waals surface area contributed by atoms with Gasteiger partial charge >= 0.3 is 0 Å². The van der Waals surface area contributed by atoms with Gasteiger partial charge in [-0.3, -0.25) is 19.3 Å². The maximum Gasteiger partial charge on any atom is 0.300 e. The lowest BCUT2D eigenvalue weighted by Gasteiger charge is -2.35. The van der Waals surface area contributed by atoms with Gasteiger partial charge in [-0.2, -0.15) is 0 Å². The number of carboxylic acids is 2. The van der Waals surface area contributed by atoms with Gasteiger partial charge in [0.15, 0.2) is 0 Å². The van der Waals surface area contributed by atoms with Crippen LogP contribution in [0.5, 0.6) is 0 Å². The zero-order valence-electron chi connectivity index (χ0n) is 21.8. The van der Waals surface area contributed by atoms with Crippen LogP contribution in [0.3, 0.4) is 0 Å². The quantitative estimate of drug-likeness (QED) is 0.358. The number of aryl methyl sites for hydroxylation is 1. The summed E-state index contributed by atoms with van der Waals surface area (Å²) in [4.78, 5) is 41.2. The van der Waals surface area contributed by atoms with Crippen LogP contribution in [0.4, 0.5) is 0 Å². The van der Waals surface area contributed by atoms with Gasteiger partial charge in [0.1, 0.15) is 5.82 Å². The van der Waals surface area contributed by atoms with Crippen LogP contribution in [0.15, 0.2) is 24.3 Å². The summed E-state index contributed by atoms with van der Waals surface area (Å²) in [5.41, 5.74) is 8.36. The van der Waals surface area contributed by atoms with Gasteiger partial charge in [0.25, 0.3) is 11.9 Å². The summed E-state index contributed by atoms with van der Waals surface area (Å²) in [6.45, 7) is 6.17. The number of carbonyl (C=O) groups excluding carboxylic acids is 1. The second kappa shape index (κ2) is 16.0. The standard InChI is InChI=1S/C22H33N5O2.2C2H4O2/c23-17-8-7-16(14-27(15-17)18-9-12-29-13-10-18)22(28)24-11-3-6-21-25-19-4-1-2-5-20(19)26-21;2*1-2(3)4/h1-2,4-5,16-18H,3,6-15,23H2,(H,24,28)(H,25,26);2*1H3,(H,3,4)/t16-,17+;;/m1../s1. The molecule has 1 amide bonds. The number of para-hydroxylation sites is 2. The number of carbonyl (C=O) groups is 3. The fourth-order valence-electron chi connectivity index (χ4n) is 4.55. The third-order valence-electron chi connectivity index (χ3n) is 6.22. The minimum absolute atomic E-state index is 0.0256. The summed E-state index contributed by atoms with van der Waals surface area (Å²) in [7, 11) is 0. The molecule has 11 nitrogen and oxygen atoms in total. The average molecular weight is 520 g/mol. The van der Waals surface area contributed by atoms with E-state index in [2.05, 4.69) is 20.2 Å². The molecule has 0 radical (unpaired) electrons. The molecule has 4 rings (SSSR count). The van der Waals surface area contributed by atoms with E-state index in [9.17, 15) is 4.79 Å². The van der Waals surface area contributed by atoms with Gasteiger partial charge in [0.05, 0.1) is 17.0 Å². The zero-order valence-corrected chi connectivity index (χ0v) is 21.8. The number of nitrogens with two attached hydrogens (primary N) is 1. The third-order valence-corrected chi connectivity index (χ3v) is 6.22. The van der Waals surface area contributed by atoms with Gasteiger partial charge in [0.2, 0.25) is 5.91 Å². The molecule has 1 aromatic heterocycles. The monoisotopic (exact) mass is 519 g/mol. The van der Waals surface area contributed by atoms with E-state index < -0.39 is 11.9 Å². The van der Waals surface area contributed by atoms with Crippen LogP contribution in [-0.2, 0) is 25.5 Å². The van der Waals surface area contributed by atoms with E-state index in [-0.39, 0.29) is 17.9 Å². The number of aliphatic carboxylic acids is 2. The summed E-state index contributed by atoms with van der Waals surface area (Å²) >= 11 is 0. The molecule has 206 valence electrons. The predicted molar refractivity (Wildman–Crippen MR) is 140 cm³/mol. The first kappa shape index (κ1) is 30.2. The normalized spacial score (nSPS) is 20.5. The third kappa shape index (κ3) is 11.7. The molecule has 1 aromatic carbocycles. The Morgan fingerprint density at radius 3 is 2.38 bits per heavy atom. The topological polar surface area (TPSA) is 171 Å². The first-order valence-corrected chi connectivity index (χ1v) is 12.8. The van der Waals surface area contributed by atoms with Crippen LogP contribution in [0.1, 0.15) is 51.8 Å². The molecule has 0 aliphatic carbocycles. The van der Waals surface area contributed by atoms with Gasteiger partial charge in [0, 0.05) is 65.2 Å². The number of amides is 1. The number of rotatable bonds is 6. The summed E-state index contributed by atoms with van der Waals surface area (Å²) in [6.07, 6.45) is 5.57. The van der Waals surface area contributed by atoms with Crippen LogP contribution in [0.25, 0.3) is 11.0 Å². The fourth-order valence-corrected chi connectivity index (χ4v) is 4.55. The molecule has 37 heavy (non-hydrogen) atoms. The highest BCUT2D eigenvalue weighted by Crippen LogP contribution is 2.22. The Morgan fingerprint density at radius 2 is 1.73 bits per heavy atom. The number of hydrogen-bond donors (Lipinski definition) is 5. The smallest absolute Gasteiger partial charge is 0.300 e. The number of ether oxygens (including phenoxy) is 1. The molecule has 2 saturated heterocycles. The Kier molecular flexibility index (Phi) is 13.0. The lowest BCUT2D eigenvalue weighted by atomic mass is 10.0. The lowest BCUT2D eigenvalue weighted by Crippen LogP contribution is -2.47. The van der Waals surface area contributed by atoms with E-state index in [1.165, 1.54) is 0 Å². The molecule has 2 atom stereocenters. The number of aromatic amines is 1. The van der Waals surface area contributed by atoms with E-state index in [0.717, 1.165) is 95.5 Å². The number of H-pyrrole nitrogens is 1. The molecule has 3 heterocycles. The molecular formula is C26H41N5O6. The number of nitrogens with zero attached hydrogens (tertiary/aromatic N) is 2. The minimum Gasteiger partial charge on any atom is -0.481 e. The molecule has 11 heteroatoms. The number of benzene rings is 1. The summed E-state index contributed by atoms with van der Waals surface area (Å²) < 4.78 is 5.50. The van der Waals surface area contributed by atoms with Crippen molar-refractivity contribution < 1.29 is 29.3 Å².